The number of nitrogens with zero attached hydrogens (tertiary/aromatic N) is 2. The minimum absolute atomic E-state index is 0.0591. The molecular weight excluding hydrogens is 294 g/mol. The highest BCUT2D eigenvalue weighted by Gasteiger charge is 2.30. The Morgan fingerprint density at radius 2 is 1.83 bits per heavy atom. The quantitative estimate of drug-likeness (QED) is 0.702. The van der Waals surface area contributed by atoms with Gasteiger partial charge in [0.1, 0.15) is 6.04 Å². The minimum Gasteiger partial charge on any atom is -0.391 e. The first-order valence-corrected chi connectivity index (χ1v) is 8.22. The number of hydrogen-bond donors (Lipinski definition) is 2. The van der Waals surface area contributed by atoms with Gasteiger partial charge >= 0.3 is 0 Å². The van der Waals surface area contributed by atoms with Gasteiger partial charge in [-0.2, -0.15) is 0 Å². The van der Waals surface area contributed by atoms with Crippen molar-refractivity contribution in [1.29, 1.82) is 0 Å². The number of β-amino-alcohol motifs (C(OH)–C–C–N with tert-alkyl or cyclic N) is 1. The van der Waals surface area contributed by atoms with E-state index < -0.39 is 12.1 Å². The Balaban J connectivity index is 2.52. The fraction of sp³-hybridized carbons (Fsp3) is 0.765. The van der Waals surface area contributed by atoms with Crippen molar-refractivity contribution in [2.45, 2.75) is 46.3 Å². The van der Waals surface area contributed by atoms with E-state index in [9.17, 15) is 14.7 Å². The molecule has 1 aliphatic rings. The lowest BCUT2D eigenvalue weighted by atomic mass is 9.89. The molecule has 6 nitrogen and oxygen atoms in total. The average molecular weight is 325 g/mol. The summed E-state index contributed by atoms with van der Waals surface area (Å²) in [4.78, 5) is 27.7. The van der Waals surface area contributed by atoms with Crippen LogP contribution in [0.4, 0.5) is 0 Å². The summed E-state index contributed by atoms with van der Waals surface area (Å²) in [6.07, 6.45) is 1.69. The van der Waals surface area contributed by atoms with Crippen molar-refractivity contribution in [3.63, 3.8) is 0 Å². The summed E-state index contributed by atoms with van der Waals surface area (Å²) in [5.74, 6) is -0.270. The number of piperazine rings is 1. The zero-order valence-electron chi connectivity index (χ0n) is 14.8. The number of rotatable bonds is 6. The second-order valence-electron chi connectivity index (χ2n) is 7.29. The maximum atomic E-state index is 12.5. The molecule has 2 atom stereocenters. The molecule has 23 heavy (non-hydrogen) atoms. The lowest BCUT2D eigenvalue weighted by Crippen LogP contribution is -2.56. The van der Waals surface area contributed by atoms with Crippen LogP contribution >= 0.6 is 0 Å². The van der Waals surface area contributed by atoms with E-state index in [0.29, 0.717) is 26.1 Å². The molecule has 0 saturated carbocycles. The Labute approximate surface area is 139 Å². The first-order chi connectivity index (χ1) is 10.6. The molecule has 0 bridgehead atoms. The number of nitrogens with one attached hydrogen (secondary N) is 1. The SMILES string of the molecule is C=CC[C@@H](NC(C)=O)C(=O)N1CCN(C[C@@H](O)C(C)(C)C)CC1. The van der Waals surface area contributed by atoms with Crippen molar-refractivity contribution in [3.8, 4) is 0 Å². The summed E-state index contributed by atoms with van der Waals surface area (Å²) < 4.78 is 0. The summed E-state index contributed by atoms with van der Waals surface area (Å²) >= 11 is 0. The first kappa shape index (κ1) is 19.6. The van der Waals surface area contributed by atoms with Gasteiger partial charge in [-0.1, -0.05) is 26.8 Å². The summed E-state index contributed by atoms with van der Waals surface area (Å²) in [7, 11) is 0. The molecule has 1 fully saturated rings. The zero-order chi connectivity index (χ0) is 17.6. The number of aliphatic hydroxyl groups is 1. The predicted octanol–water partition coefficient (Wildman–Crippen LogP) is 0.618. The van der Waals surface area contributed by atoms with Gasteiger partial charge in [0.2, 0.25) is 11.8 Å². The molecule has 1 aliphatic heterocycles. The highest BCUT2D eigenvalue weighted by atomic mass is 16.3. The average Bonchev–Trinajstić information content (AvgIpc) is 2.45. The van der Waals surface area contributed by atoms with Gasteiger partial charge in [-0.25, -0.2) is 0 Å². The molecule has 2 N–H and O–H groups in total. The maximum Gasteiger partial charge on any atom is 0.245 e. The van der Waals surface area contributed by atoms with Crippen LogP contribution in [-0.4, -0.2) is 71.6 Å². The fourth-order valence-electron chi connectivity index (χ4n) is 2.52. The Kier molecular flexibility index (Phi) is 7.22. The Bertz CT molecular complexity index is 423. The van der Waals surface area contributed by atoms with Crippen molar-refractivity contribution < 1.29 is 14.7 Å². The van der Waals surface area contributed by atoms with Gasteiger partial charge < -0.3 is 15.3 Å². The van der Waals surface area contributed by atoms with Crippen molar-refractivity contribution in [1.82, 2.24) is 15.1 Å². The van der Waals surface area contributed by atoms with Crippen LogP contribution < -0.4 is 5.32 Å². The monoisotopic (exact) mass is 325 g/mol. The smallest absolute Gasteiger partial charge is 0.245 e. The van der Waals surface area contributed by atoms with E-state index in [4.69, 9.17) is 0 Å². The largest absolute Gasteiger partial charge is 0.391 e. The van der Waals surface area contributed by atoms with Crippen molar-refractivity contribution in [2.75, 3.05) is 32.7 Å². The molecule has 2 amide bonds. The molecule has 1 rings (SSSR count). The van der Waals surface area contributed by atoms with Crippen LogP contribution in [0.25, 0.3) is 0 Å². The molecular formula is C17H31N3O3. The molecule has 0 unspecified atom stereocenters. The standard InChI is InChI=1S/C17H31N3O3/c1-6-7-14(18-13(2)21)16(23)20-10-8-19(9-11-20)12-15(22)17(3,4)5/h6,14-15,22H,1,7-12H2,2-5H3,(H,18,21)/t14-,15-/m1/s1. The second-order valence-corrected chi connectivity index (χ2v) is 7.29. The van der Waals surface area contributed by atoms with Crippen LogP contribution in [0.2, 0.25) is 0 Å². The number of hydrogen-bond acceptors (Lipinski definition) is 4. The Morgan fingerprint density at radius 3 is 2.26 bits per heavy atom. The minimum atomic E-state index is -0.531. The molecule has 0 spiro atoms. The van der Waals surface area contributed by atoms with Gasteiger partial charge in [-0.3, -0.25) is 14.5 Å². The number of aliphatic hydroxyl groups excluding tert-OH is 1. The second kappa shape index (κ2) is 8.45. The molecule has 0 aromatic heterocycles. The number of carbonyl (C=O) groups excluding carboxylic acids is 2. The van der Waals surface area contributed by atoms with Crippen LogP contribution in [0, 0.1) is 5.41 Å². The van der Waals surface area contributed by atoms with Crippen LogP contribution in [0.5, 0.6) is 0 Å². The molecule has 0 aromatic carbocycles. The van der Waals surface area contributed by atoms with E-state index in [-0.39, 0.29) is 17.2 Å². The normalized spacial score (nSPS) is 19.1. The van der Waals surface area contributed by atoms with Crippen LogP contribution in [0.3, 0.4) is 0 Å². The van der Waals surface area contributed by atoms with E-state index in [1.165, 1.54) is 6.92 Å². The maximum absolute atomic E-state index is 12.5. The van der Waals surface area contributed by atoms with E-state index in [0.717, 1.165) is 13.1 Å². The third kappa shape index (κ3) is 6.31. The topological polar surface area (TPSA) is 72.9 Å². The molecule has 0 aliphatic carbocycles. The molecule has 132 valence electrons. The van der Waals surface area contributed by atoms with Gasteiger partial charge in [-0.15, -0.1) is 6.58 Å². The summed E-state index contributed by atoms with van der Waals surface area (Å²) in [5, 5.41) is 12.9. The molecule has 1 saturated heterocycles. The van der Waals surface area contributed by atoms with Gasteiger partial charge in [0, 0.05) is 39.6 Å². The molecule has 6 heteroatoms. The molecule has 0 radical (unpaired) electrons. The van der Waals surface area contributed by atoms with Gasteiger partial charge in [0.25, 0.3) is 0 Å². The molecule has 1 heterocycles. The van der Waals surface area contributed by atoms with Crippen LogP contribution in [0.15, 0.2) is 12.7 Å². The van der Waals surface area contributed by atoms with Crippen molar-refractivity contribution >= 4 is 11.8 Å². The van der Waals surface area contributed by atoms with E-state index >= 15 is 0 Å². The first-order valence-electron chi connectivity index (χ1n) is 8.22. The number of amides is 2. The third-order valence-corrected chi connectivity index (χ3v) is 4.19. The van der Waals surface area contributed by atoms with Gasteiger partial charge in [0.05, 0.1) is 6.10 Å². The summed E-state index contributed by atoms with van der Waals surface area (Å²) in [6.45, 7) is 14.4. The van der Waals surface area contributed by atoms with Gasteiger partial charge in [0.15, 0.2) is 0 Å². The lowest BCUT2D eigenvalue weighted by molar-refractivity contribution is -0.137. The summed E-state index contributed by atoms with van der Waals surface area (Å²) in [5.41, 5.74) is -0.145. The van der Waals surface area contributed by atoms with E-state index in [1.54, 1.807) is 11.0 Å². The fourth-order valence-corrected chi connectivity index (χ4v) is 2.52. The van der Waals surface area contributed by atoms with Gasteiger partial charge in [-0.05, 0) is 11.8 Å². The predicted molar refractivity (Wildman–Crippen MR) is 90.9 cm³/mol. The van der Waals surface area contributed by atoms with E-state index in [1.807, 2.05) is 20.8 Å². The lowest BCUT2D eigenvalue weighted by Gasteiger charge is -2.39. The highest BCUT2D eigenvalue weighted by molar-refractivity contribution is 5.87. The van der Waals surface area contributed by atoms with Crippen molar-refractivity contribution in [2.24, 2.45) is 5.41 Å². The Hall–Kier alpha value is -1.40. The third-order valence-electron chi connectivity index (χ3n) is 4.19. The number of carbonyl (C=O) groups is 2. The zero-order valence-corrected chi connectivity index (χ0v) is 14.8. The van der Waals surface area contributed by atoms with Crippen LogP contribution in [-0.2, 0) is 9.59 Å². The van der Waals surface area contributed by atoms with Crippen LogP contribution in [0.1, 0.15) is 34.1 Å². The molecule has 0 aromatic rings. The Morgan fingerprint density at radius 1 is 1.26 bits per heavy atom. The summed E-state index contributed by atoms with van der Waals surface area (Å²) in [6, 6.07) is -0.531. The van der Waals surface area contributed by atoms with Crippen molar-refractivity contribution in [3.05, 3.63) is 12.7 Å². The highest BCUT2D eigenvalue weighted by Crippen LogP contribution is 2.20. The van der Waals surface area contributed by atoms with E-state index in [2.05, 4.69) is 16.8 Å².